The summed E-state index contributed by atoms with van der Waals surface area (Å²) in [6.07, 6.45) is -2.11. The van der Waals surface area contributed by atoms with Crippen molar-refractivity contribution in [2.45, 2.75) is 32.5 Å². The van der Waals surface area contributed by atoms with Gasteiger partial charge in [-0.25, -0.2) is 4.68 Å². The van der Waals surface area contributed by atoms with Gasteiger partial charge in [-0.1, -0.05) is 0 Å². The average molecular weight is 264 g/mol. The monoisotopic (exact) mass is 264 g/mol. The van der Waals surface area contributed by atoms with Crippen LogP contribution in [-0.2, 0) is 6.54 Å². The maximum absolute atomic E-state index is 12.1. The largest absolute Gasteiger partial charge is 0.481 e. The zero-order chi connectivity index (χ0) is 13.3. The highest BCUT2D eigenvalue weighted by Crippen LogP contribution is 2.35. The molecule has 4 nitrogen and oxygen atoms in total. The first-order valence-corrected chi connectivity index (χ1v) is 5.71. The van der Waals surface area contributed by atoms with Gasteiger partial charge in [0.1, 0.15) is 0 Å². The van der Waals surface area contributed by atoms with E-state index in [4.69, 9.17) is 4.74 Å². The van der Waals surface area contributed by atoms with Crippen LogP contribution in [0.4, 0.5) is 13.2 Å². The second kappa shape index (κ2) is 4.70. The SMILES string of the molecule is COc1c(C)c(OCC(F)(F)F)nn1CC1CC1. The van der Waals surface area contributed by atoms with Crippen LogP contribution in [0.25, 0.3) is 0 Å². The van der Waals surface area contributed by atoms with Gasteiger partial charge in [0.2, 0.25) is 11.8 Å². The van der Waals surface area contributed by atoms with Crippen LogP contribution >= 0.6 is 0 Å². The lowest BCUT2D eigenvalue weighted by Crippen LogP contribution is -2.19. The lowest BCUT2D eigenvalue weighted by molar-refractivity contribution is -0.154. The molecule has 1 aliphatic carbocycles. The van der Waals surface area contributed by atoms with Crippen LogP contribution in [-0.4, -0.2) is 29.7 Å². The number of nitrogens with zero attached hydrogens (tertiary/aromatic N) is 2. The molecule has 1 fully saturated rings. The van der Waals surface area contributed by atoms with E-state index >= 15 is 0 Å². The van der Waals surface area contributed by atoms with Gasteiger partial charge in [0.15, 0.2) is 6.61 Å². The van der Waals surface area contributed by atoms with Gasteiger partial charge in [-0.05, 0) is 25.7 Å². The Bertz CT molecular complexity index is 425. The minimum Gasteiger partial charge on any atom is -0.481 e. The van der Waals surface area contributed by atoms with E-state index in [-0.39, 0.29) is 5.88 Å². The Morgan fingerprint density at radius 3 is 2.56 bits per heavy atom. The molecule has 0 aromatic carbocycles. The summed E-state index contributed by atoms with van der Waals surface area (Å²) in [4.78, 5) is 0. The molecular formula is C11H15F3N2O2. The van der Waals surface area contributed by atoms with Crippen LogP contribution < -0.4 is 9.47 Å². The van der Waals surface area contributed by atoms with Crippen LogP contribution in [0, 0.1) is 12.8 Å². The lowest BCUT2D eigenvalue weighted by atomic mass is 10.3. The molecule has 0 atom stereocenters. The van der Waals surface area contributed by atoms with E-state index in [1.807, 2.05) is 0 Å². The Morgan fingerprint density at radius 1 is 1.39 bits per heavy atom. The molecule has 1 aromatic rings. The number of aromatic nitrogens is 2. The summed E-state index contributed by atoms with van der Waals surface area (Å²) in [5.41, 5.74) is 0.502. The van der Waals surface area contributed by atoms with Gasteiger partial charge in [0, 0.05) is 6.54 Å². The molecule has 1 saturated carbocycles. The van der Waals surface area contributed by atoms with Gasteiger partial charge < -0.3 is 9.47 Å². The molecule has 1 aliphatic rings. The first-order chi connectivity index (χ1) is 8.40. The Morgan fingerprint density at radius 2 is 2.06 bits per heavy atom. The molecule has 0 aliphatic heterocycles. The number of methoxy groups -OCH3 is 1. The van der Waals surface area contributed by atoms with Crippen molar-refractivity contribution in [2.24, 2.45) is 5.92 Å². The van der Waals surface area contributed by atoms with Gasteiger partial charge in [0.05, 0.1) is 12.7 Å². The summed E-state index contributed by atoms with van der Waals surface area (Å²) in [6.45, 7) is 0.970. The predicted molar refractivity (Wildman–Crippen MR) is 57.8 cm³/mol. The average Bonchev–Trinajstić information content (AvgIpc) is 3.01. The molecule has 0 radical (unpaired) electrons. The molecule has 0 unspecified atom stereocenters. The fraction of sp³-hybridized carbons (Fsp3) is 0.727. The number of rotatable bonds is 5. The molecule has 1 heterocycles. The van der Waals surface area contributed by atoms with E-state index in [0.717, 1.165) is 12.8 Å². The summed E-state index contributed by atoms with van der Waals surface area (Å²) in [5.74, 6) is 1.01. The molecule has 102 valence electrons. The minimum absolute atomic E-state index is 0.00942. The summed E-state index contributed by atoms with van der Waals surface area (Å²) in [6, 6.07) is 0. The van der Waals surface area contributed by atoms with Crippen molar-refractivity contribution in [3.05, 3.63) is 5.56 Å². The molecule has 0 N–H and O–H groups in total. The molecule has 7 heteroatoms. The summed E-state index contributed by atoms with van der Waals surface area (Å²) >= 11 is 0. The van der Waals surface area contributed by atoms with Crippen molar-refractivity contribution in [3.63, 3.8) is 0 Å². The summed E-state index contributed by atoms with van der Waals surface area (Å²) < 4.78 is 47.7. The second-order valence-corrected chi connectivity index (χ2v) is 4.47. The van der Waals surface area contributed by atoms with Crippen molar-refractivity contribution in [1.29, 1.82) is 0 Å². The highest BCUT2D eigenvalue weighted by atomic mass is 19.4. The number of ether oxygens (including phenoxy) is 2. The normalized spacial score (nSPS) is 15.8. The standard InChI is InChI=1S/C11H15F3N2O2/c1-7-9(18-6-11(12,13)14)15-16(10(7)17-2)5-8-3-4-8/h8H,3-6H2,1-2H3. The second-order valence-electron chi connectivity index (χ2n) is 4.47. The summed E-state index contributed by atoms with van der Waals surface area (Å²) in [5, 5.41) is 4.03. The molecule has 2 rings (SSSR count). The molecular weight excluding hydrogens is 249 g/mol. The molecule has 0 spiro atoms. The third-order valence-corrected chi connectivity index (χ3v) is 2.78. The highest BCUT2D eigenvalue weighted by molar-refractivity contribution is 5.34. The topological polar surface area (TPSA) is 36.3 Å². The predicted octanol–water partition coefficient (Wildman–Crippen LogP) is 2.55. The number of hydrogen-bond acceptors (Lipinski definition) is 3. The van der Waals surface area contributed by atoms with Crippen molar-refractivity contribution in [1.82, 2.24) is 9.78 Å². The smallest absolute Gasteiger partial charge is 0.422 e. The van der Waals surface area contributed by atoms with Crippen LogP contribution in [0.15, 0.2) is 0 Å². The summed E-state index contributed by atoms with van der Waals surface area (Å²) in [7, 11) is 1.47. The third kappa shape index (κ3) is 3.08. The number of hydrogen-bond donors (Lipinski definition) is 0. The maximum atomic E-state index is 12.1. The van der Waals surface area contributed by atoms with Crippen LogP contribution in [0.2, 0.25) is 0 Å². The first kappa shape index (κ1) is 13.0. The van der Waals surface area contributed by atoms with Crippen molar-refractivity contribution in [3.8, 4) is 11.8 Å². The van der Waals surface area contributed by atoms with Crippen LogP contribution in [0.1, 0.15) is 18.4 Å². The van der Waals surface area contributed by atoms with Gasteiger partial charge in [-0.2, -0.15) is 13.2 Å². The van der Waals surface area contributed by atoms with E-state index in [9.17, 15) is 13.2 Å². The Kier molecular flexibility index (Phi) is 3.41. The lowest BCUT2D eigenvalue weighted by Gasteiger charge is -2.06. The molecule has 0 amide bonds. The molecule has 0 saturated heterocycles. The minimum atomic E-state index is -4.36. The Balaban J connectivity index is 2.11. The van der Waals surface area contributed by atoms with E-state index in [0.29, 0.717) is 23.9 Å². The van der Waals surface area contributed by atoms with Gasteiger partial charge in [0.25, 0.3) is 0 Å². The molecule has 1 aromatic heterocycles. The fourth-order valence-electron chi connectivity index (χ4n) is 1.73. The maximum Gasteiger partial charge on any atom is 0.422 e. The number of halogens is 3. The van der Waals surface area contributed by atoms with Crippen LogP contribution in [0.5, 0.6) is 11.8 Å². The van der Waals surface area contributed by atoms with Gasteiger partial charge >= 0.3 is 6.18 Å². The Hall–Kier alpha value is -1.40. The zero-order valence-electron chi connectivity index (χ0n) is 10.3. The van der Waals surface area contributed by atoms with E-state index in [1.165, 1.54) is 7.11 Å². The first-order valence-electron chi connectivity index (χ1n) is 5.71. The molecule has 18 heavy (non-hydrogen) atoms. The van der Waals surface area contributed by atoms with Crippen molar-refractivity contribution in [2.75, 3.05) is 13.7 Å². The van der Waals surface area contributed by atoms with Crippen LogP contribution in [0.3, 0.4) is 0 Å². The molecule has 0 bridgehead atoms. The highest BCUT2D eigenvalue weighted by Gasteiger charge is 2.31. The number of alkyl halides is 3. The third-order valence-electron chi connectivity index (χ3n) is 2.78. The van der Waals surface area contributed by atoms with E-state index < -0.39 is 12.8 Å². The van der Waals surface area contributed by atoms with Gasteiger partial charge in [-0.15, -0.1) is 5.10 Å². The van der Waals surface area contributed by atoms with E-state index in [2.05, 4.69) is 9.84 Å². The fourth-order valence-corrected chi connectivity index (χ4v) is 1.73. The van der Waals surface area contributed by atoms with Gasteiger partial charge in [-0.3, -0.25) is 0 Å². The quantitative estimate of drug-likeness (QED) is 0.820. The van der Waals surface area contributed by atoms with E-state index in [1.54, 1.807) is 11.6 Å². The zero-order valence-corrected chi connectivity index (χ0v) is 10.3. The van der Waals surface area contributed by atoms with Crippen molar-refractivity contribution < 1.29 is 22.6 Å². The van der Waals surface area contributed by atoms with Crippen molar-refractivity contribution >= 4 is 0 Å². The Labute approximate surface area is 103 Å².